The van der Waals surface area contributed by atoms with Gasteiger partial charge in [0.25, 0.3) is 11.5 Å². The molecule has 2 aliphatic rings. The Balaban J connectivity index is 0.834. The third-order valence-electron chi connectivity index (χ3n) is 13.0. The molecule has 3 atom stereocenters. The highest BCUT2D eigenvalue weighted by Crippen LogP contribution is 2.45. The average molecular weight is 1070 g/mol. The molecule has 5 N–H and O–H groups in total. The number of nitrogens with one attached hydrogen (secondary N) is 4. The summed E-state index contributed by atoms with van der Waals surface area (Å²) in [6, 6.07) is 9.41. The number of aliphatic hydroxyl groups excluding tert-OH is 1. The number of thiazole rings is 1. The number of anilines is 2. The van der Waals surface area contributed by atoms with Crippen molar-refractivity contribution in [2.45, 2.75) is 77.6 Å². The van der Waals surface area contributed by atoms with Crippen molar-refractivity contribution in [2.24, 2.45) is 12.5 Å². The lowest BCUT2D eigenvalue weighted by Gasteiger charge is -2.35. The van der Waals surface area contributed by atoms with Gasteiger partial charge in [0.2, 0.25) is 17.7 Å². The van der Waals surface area contributed by atoms with Crippen molar-refractivity contribution in [1.29, 1.82) is 0 Å². The molecule has 0 spiro atoms. The molecule has 4 aromatic heterocycles. The SMILES string of the molecule is Cc1ncsc1-c1ccc(CNC(=O)[C@@H]2C[C@@H](O)CN2C(=O)[C@@H](NC(=O)COCCCOCCNC(=O)c2cc3c(cc2CS(C)(=O)=O)-c2cn(C)c(=O)c4[nH]cc(c24)CN3c2ncc(F)cc2F)C(C)(C)C)cc1. The van der Waals surface area contributed by atoms with Crippen LogP contribution in [0.4, 0.5) is 20.3 Å². The summed E-state index contributed by atoms with van der Waals surface area (Å²) < 4.78 is 67.9. The molecular weight excluding hydrogens is 1010 g/mol. The van der Waals surface area contributed by atoms with Crippen molar-refractivity contribution in [1.82, 2.24) is 40.4 Å². The Kier molecular flexibility index (Phi) is 16.3. The van der Waals surface area contributed by atoms with Crippen LogP contribution in [0.15, 0.2) is 71.4 Å². The number of pyridine rings is 2. The number of nitrogens with zero attached hydrogens (tertiary/aromatic N) is 5. The van der Waals surface area contributed by atoms with Crippen molar-refractivity contribution in [3.63, 3.8) is 0 Å². The van der Waals surface area contributed by atoms with Crippen LogP contribution < -0.4 is 26.4 Å². The lowest BCUT2D eigenvalue weighted by Crippen LogP contribution is -2.58. The monoisotopic (exact) mass is 1070 g/mol. The van der Waals surface area contributed by atoms with Crippen molar-refractivity contribution in [3.05, 3.63) is 117 Å². The number of carbonyl (C=O) groups excluding carboxylic acids is 4. The Morgan fingerprint density at radius 1 is 1.01 bits per heavy atom. The largest absolute Gasteiger partial charge is 0.391 e. The van der Waals surface area contributed by atoms with Crippen LogP contribution in [-0.2, 0) is 59.6 Å². The number of aromatic nitrogens is 4. The highest BCUT2D eigenvalue weighted by atomic mass is 32.2. The fourth-order valence-corrected chi connectivity index (χ4v) is 11.0. The van der Waals surface area contributed by atoms with Crippen LogP contribution in [0.2, 0.25) is 0 Å². The molecule has 75 heavy (non-hydrogen) atoms. The first-order valence-electron chi connectivity index (χ1n) is 24.2. The molecular formula is C52H59F2N9O10S2. The van der Waals surface area contributed by atoms with Gasteiger partial charge in [-0.1, -0.05) is 45.0 Å². The number of aromatic amines is 1. The molecule has 19 nitrogen and oxygen atoms in total. The molecule has 8 rings (SSSR count). The third-order valence-corrected chi connectivity index (χ3v) is 14.8. The predicted octanol–water partition coefficient (Wildman–Crippen LogP) is 4.80. The van der Waals surface area contributed by atoms with Gasteiger partial charge in [0.1, 0.15) is 30.0 Å². The number of fused-ring (bicyclic) bond motifs is 2. The van der Waals surface area contributed by atoms with Gasteiger partial charge in [0.05, 0.1) is 53.0 Å². The number of halogens is 2. The number of rotatable bonds is 19. The van der Waals surface area contributed by atoms with Crippen LogP contribution in [0, 0.1) is 24.0 Å². The average Bonchev–Trinajstić information content (AvgIpc) is 4.08. The summed E-state index contributed by atoms with van der Waals surface area (Å²) in [5.74, 6) is -4.81. The zero-order valence-corrected chi connectivity index (χ0v) is 43.9. The lowest BCUT2D eigenvalue weighted by molar-refractivity contribution is -0.144. The Labute approximate surface area is 435 Å². The minimum Gasteiger partial charge on any atom is -0.391 e. The van der Waals surface area contributed by atoms with Crippen LogP contribution >= 0.6 is 11.3 Å². The fraction of sp³-hybridized carbons (Fsp3) is 0.404. The second-order valence-corrected chi connectivity index (χ2v) is 22.9. The number of aliphatic hydroxyl groups is 1. The molecule has 0 aliphatic carbocycles. The van der Waals surface area contributed by atoms with Gasteiger partial charge in [0.15, 0.2) is 21.5 Å². The quantitative estimate of drug-likeness (QED) is 0.0686. The standard InChI is InChI=1S/C52H59F2N9O10S2/c1-29-45(74-28-59-29)31-10-8-30(9-11-31)20-58-49(67)41-18-35(64)24-63(41)51(69)46(52(2,3)4)60-42(65)26-73-14-7-13-72-15-12-55-48(66)36-19-40-37(16-32(36)27-75(6,70)71)38-25-61(5)50(68)44-43(38)33(21-56-44)23-62(40)47-39(54)17-34(53)22-57-47/h8-11,16-17,19,21-22,25,28,35,41,46,56,64H,7,12-15,18,20,23-24,26-27H2,1-6H3,(H,55,66)(H,58,67)(H,60,65)/t35-,41+,46-/m1/s1. The molecule has 0 unspecified atom stereocenters. The molecule has 398 valence electrons. The summed E-state index contributed by atoms with van der Waals surface area (Å²) in [5, 5.41) is 19.5. The number of likely N-dealkylation sites (tertiary alicyclic amines) is 1. The van der Waals surface area contributed by atoms with Crippen molar-refractivity contribution in [3.8, 4) is 21.6 Å². The zero-order chi connectivity index (χ0) is 53.9. The third kappa shape index (κ3) is 12.4. The van der Waals surface area contributed by atoms with Crippen LogP contribution in [0.3, 0.4) is 0 Å². The summed E-state index contributed by atoms with van der Waals surface area (Å²) in [5.41, 5.74) is 5.61. The number of amides is 4. The number of ether oxygens (including phenoxy) is 2. The normalized spacial score (nSPS) is 15.9. The summed E-state index contributed by atoms with van der Waals surface area (Å²) in [7, 11) is -2.16. The smallest absolute Gasteiger partial charge is 0.274 e. The molecule has 0 radical (unpaired) electrons. The summed E-state index contributed by atoms with van der Waals surface area (Å²) in [4.78, 5) is 82.9. The summed E-state index contributed by atoms with van der Waals surface area (Å²) >= 11 is 1.55. The highest BCUT2D eigenvalue weighted by Gasteiger charge is 2.44. The minimum absolute atomic E-state index is 0.00309. The van der Waals surface area contributed by atoms with Gasteiger partial charge in [-0.15, -0.1) is 11.3 Å². The van der Waals surface area contributed by atoms with Gasteiger partial charge in [-0.25, -0.2) is 27.2 Å². The van der Waals surface area contributed by atoms with Crippen molar-refractivity contribution < 1.29 is 51.0 Å². The number of benzene rings is 2. The summed E-state index contributed by atoms with van der Waals surface area (Å²) in [6.07, 6.45) is 4.55. The minimum atomic E-state index is -3.72. The predicted molar refractivity (Wildman–Crippen MR) is 278 cm³/mol. The van der Waals surface area contributed by atoms with E-state index < -0.39 is 74.5 Å². The molecule has 1 saturated heterocycles. The van der Waals surface area contributed by atoms with Crippen LogP contribution in [0.25, 0.3) is 32.5 Å². The van der Waals surface area contributed by atoms with E-state index in [9.17, 15) is 41.9 Å². The number of H-pyrrole nitrogens is 1. The van der Waals surface area contributed by atoms with E-state index in [1.54, 1.807) is 57.1 Å². The Morgan fingerprint density at radius 2 is 1.76 bits per heavy atom. The van der Waals surface area contributed by atoms with Crippen molar-refractivity contribution >= 4 is 67.2 Å². The van der Waals surface area contributed by atoms with Gasteiger partial charge >= 0.3 is 0 Å². The van der Waals surface area contributed by atoms with Gasteiger partial charge < -0.3 is 49.9 Å². The first kappa shape index (κ1) is 54.3. The van der Waals surface area contributed by atoms with Crippen molar-refractivity contribution in [2.75, 3.05) is 50.7 Å². The van der Waals surface area contributed by atoms with Gasteiger partial charge in [0, 0.05) is 93.1 Å². The fourth-order valence-electron chi connectivity index (χ4n) is 9.34. The van der Waals surface area contributed by atoms with Crippen LogP contribution in [0.5, 0.6) is 0 Å². The molecule has 6 heterocycles. The Morgan fingerprint density at radius 3 is 2.45 bits per heavy atom. The molecule has 2 aromatic carbocycles. The van der Waals surface area contributed by atoms with E-state index in [1.807, 2.05) is 31.2 Å². The maximum atomic E-state index is 15.5. The first-order chi connectivity index (χ1) is 35.6. The topological polar surface area (TPSA) is 247 Å². The van der Waals surface area contributed by atoms with E-state index in [4.69, 9.17) is 9.47 Å². The lowest BCUT2D eigenvalue weighted by atomic mass is 9.85. The molecule has 1 fully saturated rings. The molecule has 23 heteroatoms. The first-order valence-corrected chi connectivity index (χ1v) is 27.1. The van der Waals surface area contributed by atoms with E-state index in [-0.39, 0.29) is 92.7 Å². The molecule has 0 saturated carbocycles. The molecule has 0 bridgehead atoms. The van der Waals surface area contributed by atoms with Crippen LogP contribution in [0.1, 0.15) is 66.4 Å². The Hall–Kier alpha value is -6.92. The van der Waals surface area contributed by atoms with Gasteiger partial charge in [-0.3, -0.25) is 24.0 Å². The molecule has 4 amide bonds. The molecule has 2 aliphatic heterocycles. The number of sulfone groups is 1. The zero-order valence-electron chi connectivity index (χ0n) is 42.3. The maximum absolute atomic E-state index is 15.5. The second-order valence-electron chi connectivity index (χ2n) is 19.9. The van der Waals surface area contributed by atoms with E-state index in [0.29, 0.717) is 34.6 Å². The van der Waals surface area contributed by atoms with E-state index >= 15 is 4.39 Å². The number of hydrogen-bond acceptors (Lipinski definition) is 14. The van der Waals surface area contributed by atoms with E-state index in [1.165, 1.54) is 26.5 Å². The van der Waals surface area contributed by atoms with Crippen LogP contribution in [-0.4, -0.2) is 126 Å². The number of β-amino-alcohol motifs (C(OH)–C–C–N with tert-alkyl or cyclic N) is 1. The number of carbonyl (C=O) groups is 4. The molecule has 6 aromatic rings. The van der Waals surface area contributed by atoms with Gasteiger partial charge in [-0.2, -0.15) is 0 Å². The van der Waals surface area contributed by atoms with Gasteiger partial charge in [-0.05, 0) is 53.1 Å². The highest BCUT2D eigenvalue weighted by molar-refractivity contribution is 7.89. The van der Waals surface area contributed by atoms with E-state index in [0.717, 1.165) is 34.2 Å². The second kappa shape index (κ2) is 22.5. The van der Waals surface area contributed by atoms with E-state index in [2.05, 4.69) is 30.9 Å². The maximum Gasteiger partial charge on any atom is 0.274 e. The number of hydrogen-bond donors (Lipinski definition) is 5. The number of aryl methyl sites for hydroxylation is 2. The Bertz CT molecular complexity index is 3320. The summed E-state index contributed by atoms with van der Waals surface area (Å²) in [6.45, 7) is 7.35.